The molecule has 0 saturated carbocycles. The second kappa shape index (κ2) is 4.92. The molecule has 1 aromatic heterocycles. The summed E-state index contributed by atoms with van der Waals surface area (Å²) >= 11 is 0. The first kappa shape index (κ1) is 10.9. The second-order valence-electron chi connectivity index (χ2n) is 2.42. The van der Waals surface area contributed by atoms with E-state index >= 15 is 0 Å². The molecule has 1 aromatic rings. The van der Waals surface area contributed by atoms with Crippen molar-refractivity contribution >= 4 is 5.69 Å². The molecule has 0 unspecified atom stereocenters. The maximum absolute atomic E-state index is 8.33. The van der Waals surface area contributed by atoms with Crippen LogP contribution in [0.3, 0.4) is 0 Å². The quantitative estimate of drug-likeness (QED) is 0.432. The van der Waals surface area contributed by atoms with Crippen LogP contribution in [0.5, 0.6) is 17.5 Å². The van der Waals surface area contributed by atoms with Crippen LogP contribution in [0.15, 0.2) is 11.2 Å². The number of azide groups is 1. The van der Waals surface area contributed by atoms with Crippen molar-refractivity contribution in [3.63, 3.8) is 0 Å². The largest absolute Gasteiger partial charge is 0.491 e. The number of ether oxygens (including phenoxy) is 3. The lowest BCUT2D eigenvalue weighted by molar-refractivity contribution is 0.329. The zero-order chi connectivity index (χ0) is 11.3. The Labute approximate surface area is 86.2 Å². The van der Waals surface area contributed by atoms with Gasteiger partial charge in [-0.15, -0.1) is 0 Å². The van der Waals surface area contributed by atoms with E-state index in [-0.39, 0.29) is 17.4 Å². The van der Waals surface area contributed by atoms with Gasteiger partial charge in [-0.1, -0.05) is 5.11 Å². The van der Waals surface area contributed by atoms with Crippen molar-refractivity contribution in [1.82, 2.24) is 4.98 Å². The minimum absolute atomic E-state index is 0.186. The van der Waals surface area contributed by atoms with Gasteiger partial charge in [0.25, 0.3) is 5.88 Å². The minimum Gasteiger partial charge on any atom is -0.491 e. The molecule has 0 fully saturated rings. The summed E-state index contributed by atoms with van der Waals surface area (Å²) in [5.41, 5.74) is 8.58. The van der Waals surface area contributed by atoms with E-state index in [1.54, 1.807) is 0 Å². The van der Waals surface area contributed by atoms with Gasteiger partial charge in [-0.2, -0.15) is 4.98 Å². The Kier molecular flexibility index (Phi) is 3.59. The molecule has 0 aliphatic heterocycles. The zero-order valence-corrected chi connectivity index (χ0v) is 8.59. The number of methoxy groups -OCH3 is 3. The molecule has 0 saturated heterocycles. The predicted molar refractivity (Wildman–Crippen MR) is 52.7 cm³/mol. The van der Waals surface area contributed by atoms with Crippen molar-refractivity contribution in [1.29, 1.82) is 0 Å². The van der Waals surface area contributed by atoms with Crippen molar-refractivity contribution in [2.75, 3.05) is 21.3 Å². The fourth-order valence-corrected chi connectivity index (χ4v) is 1.01. The number of pyridine rings is 1. The number of aromatic nitrogens is 1. The van der Waals surface area contributed by atoms with Crippen LogP contribution < -0.4 is 14.2 Å². The SMILES string of the molecule is COc1cc(N=[N+]=[N-])c(OC)nc1OC. The molecule has 0 bridgehead atoms. The van der Waals surface area contributed by atoms with Gasteiger partial charge in [-0.05, 0) is 5.53 Å². The topological polar surface area (TPSA) is 89.3 Å². The molecular formula is C8H10N4O3. The molecule has 1 heterocycles. The maximum atomic E-state index is 8.33. The summed E-state index contributed by atoms with van der Waals surface area (Å²) in [6, 6.07) is 1.49. The highest BCUT2D eigenvalue weighted by molar-refractivity contribution is 5.55. The van der Waals surface area contributed by atoms with Gasteiger partial charge in [0.15, 0.2) is 5.75 Å². The molecule has 80 valence electrons. The third kappa shape index (κ3) is 2.21. The summed E-state index contributed by atoms with van der Waals surface area (Å²) in [6.07, 6.45) is 0. The Balaban J connectivity index is 3.33. The van der Waals surface area contributed by atoms with E-state index in [9.17, 15) is 0 Å². The van der Waals surface area contributed by atoms with Crippen LogP contribution in [0.2, 0.25) is 0 Å². The molecule has 15 heavy (non-hydrogen) atoms. The van der Waals surface area contributed by atoms with Gasteiger partial charge in [0.1, 0.15) is 5.69 Å². The first-order chi connectivity index (χ1) is 7.26. The van der Waals surface area contributed by atoms with E-state index in [1.165, 1.54) is 27.4 Å². The Bertz CT molecular complexity index is 401. The van der Waals surface area contributed by atoms with E-state index in [2.05, 4.69) is 15.0 Å². The molecule has 0 aliphatic carbocycles. The molecule has 0 N–H and O–H groups in total. The normalized spacial score (nSPS) is 9.00. The summed E-state index contributed by atoms with van der Waals surface area (Å²) in [7, 11) is 4.34. The lowest BCUT2D eigenvalue weighted by Gasteiger charge is -2.09. The average Bonchev–Trinajstić information content (AvgIpc) is 2.28. The third-order valence-corrected chi connectivity index (χ3v) is 1.66. The number of nitrogens with zero attached hydrogens (tertiary/aromatic N) is 4. The molecule has 0 atom stereocenters. The molecule has 0 aliphatic rings. The van der Waals surface area contributed by atoms with Crippen molar-refractivity contribution < 1.29 is 14.2 Å². The van der Waals surface area contributed by atoms with Crippen LogP contribution >= 0.6 is 0 Å². The van der Waals surface area contributed by atoms with Crippen LogP contribution in [-0.2, 0) is 0 Å². The van der Waals surface area contributed by atoms with E-state index < -0.39 is 0 Å². The molecule has 7 heteroatoms. The summed E-state index contributed by atoms with van der Waals surface area (Å²) in [5, 5.41) is 3.42. The van der Waals surface area contributed by atoms with Crippen molar-refractivity contribution in [3.05, 3.63) is 16.5 Å². The van der Waals surface area contributed by atoms with Crippen LogP contribution in [0.1, 0.15) is 0 Å². The monoisotopic (exact) mass is 210 g/mol. The fraction of sp³-hybridized carbons (Fsp3) is 0.375. The van der Waals surface area contributed by atoms with E-state index in [1.807, 2.05) is 0 Å². The van der Waals surface area contributed by atoms with Crippen LogP contribution in [-0.4, -0.2) is 26.3 Å². The van der Waals surface area contributed by atoms with Crippen molar-refractivity contribution in [3.8, 4) is 17.5 Å². The summed E-state index contributed by atoms with van der Waals surface area (Å²) in [6.45, 7) is 0. The Morgan fingerprint density at radius 3 is 2.33 bits per heavy atom. The third-order valence-electron chi connectivity index (χ3n) is 1.66. The minimum atomic E-state index is 0.186. The standard InChI is InChI=1S/C8H10N4O3/c1-13-6-4-5(11-12-9)7(14-2)10-8(6)15-3/h4H,1-3H3. The number of rotatable bonds is 4. The average molecular weight is 210 g/mol. The van der Waals surface area contributed by atoms with Crippen LogP contribution in [0, 0.1) is 0 Å². The molecule has 1 rings (SSSR count). The summed E-state index contributed by atoms with van der Waals surface area (Å²) in [5.74, 6) is 0.831. The smallest absolute Gasteiger partial charge is 0.260 e. The van der Waals surface area contributed by atoms with E-state index in [0.717, 1.165) is 0 Å². The second-order valence-corrected chi connectivity index (χ2v) is 2.42. The molecule has 0 spiro atoms. The van der Waals surface area contributed by atoms with Crippen molar-refractivity contribution in [2.45, 2.75) is 0 Å². The molecule has 0 aromatic carbocycles. The van der Waals surface area contributed by atoms with Crippen molar-refractivity contribution in [2.24, 2.45) is 5.11 Å². The first-order valence-corrected chi connectivity index (χ1v) is 3.99. The molecule has 7 nitrogen and oxygen atoms in total. The zero-order valence-electron chi connectivity index (χ0n) is 8.59. The fourth-order valence-electron chi connectivity index (χ4n) is 1.01. The highest BCUT2D eigenvalue weighted by Gasteiger charge is 2.12. The molecule has 0 amide bonds. The molecule has 0 radical (unpaired) electrons. The maximum Gasteiger partial charge on any atom is 0.260 e. The van der Waals surface area contributed by atoms with E-state index in [0.29, 0.717) is 5.75 Å². The van der Waals surface area contributed by atoms with E-state index in [4.69, 9.17) is 19.7 Å². The van der Waals surface area contributed by atoms with Gasteiger partial charge < -0.3 is 14.2 Å². The number of hydrogen-bond donors (Lipinski definition) is 0. The van der Waals surface area contributed by atoms with Crippen LogP contribution in [0.4, 0.5) is 5.69 Å². The Morgan fingerprint density at radius 1 is 1.20 bits per heavy atom. The van der Waals surface area contributed by atoms with Crippen LogP contribution in [0.25, 0.3) is 10.4 Å². The number of hydrogen-bond acceptors (Lipinski definition) is 5. The summed E-state index contributed by atoms with van der Waals surface area (Å²) in [4.78, 5) is 6.62. The first-order valence-electron chi connectivity index (χ1n) is 3.99. The lowest BCUT2D eigenvalue weighted by Crippen LogP contribution is -1.96. The van der Waals surface area contributed by atoms with Gasteiger partial charge in [-0.3, -0.25) is 0 Å². The van der Waals surface area contributed by atoms with Gasteiger partial charge in [-0.25, -0.2) is 0 Å². The predicted octanol–water partition coefficient (Wildman–Crippen LogP) is 2.05. The highest BCUT2D eigenvalue weighted by atomic mass is 16.5. The Hall–Kier alpha value is -2.14. The summed E-state index contributed by atoms with van der Waals surface area (Å²) < 4.78 is 14.9. The van der Waals surface area contributed by atoms with Gasteiger partial charge >= 0.3 is 0 Å². The van der Waals surface area contributed by atoms with Gasteiger partial charge in [0, 0.05) is 11.0 Å². The molecular weight excluding hydrogens is 200 g/mol. The Morgan fingerprint density at radius 2 is 1.87 bits per heavy atom. The lowest BCUT2D eigenvalue weighted by atomic mass is 10.4. The highest BCUT2D eigenvalue weighted by Crippen LogP contribution is 2.35. The van der Waals surface area contributed by atoms with Gasteiger partial charge in [0.2, 0.25) is 5.88 Å². The van der Waals surface area contributed by atoms with Gasteiger partial charge in [0.05, 0.1) is 21.3 Å².